The van der Waals surface area contributed by atoms with Gasteiger partial charge in [-0.15, -0.1) is 0 Å². The molecule has 0 radical (unpaired) electrons. The van der Waals surface area contributed by atoms with Gasteiger partial charge in [-0.2, -0.15) is 13.2 Å². The summed E-state index contributed by atoms with van der Waals surface area (Å²) in [4.78, 5) is 23.8. The Balaban J connectivity index is 2.42. The predicted molar refractivity (Wildman–Crippen MR) is 51.2 cm³/mol. The molecular formula is C9H13F3N2O3. The van der Waals surface area contributed by atoms with Crippen LogP contribution in [-0.2, 0) is 9.53 Å². The molecule has 0 atom stereocenters. The van der Waals surface area contributed by atoms with E-state index in [1.54, 1.807) is 0 Å². The Morgan fingerprint density at radius 3 is 2.35 bits per heavy atom. The van der Waals surface area contributed by atoms with Crippen molar-refractivity contribution in [2.45, 2.75) is 25.6 Å². The quantitative estimate of drug-likeness (QED) is 0.599. The lowest BCUT2D eigenvalue weighted by Gasteiger charge is -2.27. The molecule has 0 aromatic carbocycles. The summed E-state index contributed by atoms with van der Waals surface area (Å²) in [5, 5.41) is 2.08. The van der Waals surface area contributed by atoms with E-state index >= 15 is 0 Å². The highest BCUT2D eigenvalue weighted by Crippen LogP contribution is 2.20. The zero-order chi connectivity index (χ0) is 13.3. The number of ether oxygens (including phenoxy) is 1. The molecule has 0 unspecified atom stereocenters. The fraction of sp³-hybridized carbons (Fsp3) is 0.778. The summed E-state index contributed by atoms with van der Waals surface area (Å²) in [6, 6.07) is -0.615. The molecule has 1 rings (SSSR count). The van der Waals surface area contributed by atoms with Crippen molar-refractivity contribution in [3.63, 3.8) is 0 Å². The van der Waals surface area contributed by atoms with E-state index in [2.05, 4.69) is 10.1 Å². The molecule has 8 heteroatoms. The predicted octanol–water partition coefficient (Wildman–Crippen LogP) is 0.896. The van der Waals surface area contributed by atoms with Crippen LogP contribution < -0.4 is 5.32 Å². The Labute approximate surface area is 95.9 Å². The monoisotopic (exact) mass is 254 g/mol. The molecule has 1 saturated heterocycles. The lowest BCUT2D eigenvalue weighted by Crippen LogP contribution is -2.45. The fourth-order valence-electron chi connectivity index (χ4n) is 1.42. The molecular weight excluding hydrogens is 241 g/mol. The van der Waals surface area contributed by atoms with Crippen molar-refractivity contribution in [1.29, 1.82) is 0 Å². The molecule has 1 fully saturated rings. The van der Waals surface area contributed by atoms with Crippen LogP contribution in [-0.4, -0.2) is 48.3 Å². The van der Waals surface area contributed by atoms with E-state index in [1.807, 2.05) is 0 Å². The molecule has 0 aliphatic carbocycles. The lowest BCUT2D eigenvalue weighted by atomic mass is 10.1. The first-order valence-electron chi connectivity index (χ1n) is 4.92. The van der Waals surface area contributed by atoms with Crippen LogP contribution in [0.5, 0.6) is 0 Å². The molecule has 5 nitrogen and oxygen atoms in total. The standard InChI is InChI=1S/C9H13F3N2O3/c1-8(2)6(15)13-7(16)14(8)3-4-17-5-9(10,11)12/h3-5H2,1-2H3,(H,13,15,16). The van der Waals surface area contributed by atoms with Gasteiger partial charge in [0.05, 0.1) is 6.61 Å². The third-order valence-electron chi connectivity index (χ3n) is 2.42. The molecule has 1 N–H and O–H groups in total. The van der Waals surface area contributed by atoms with Gasteiger partial charge in [-0.05, 0) is 13.8 Å². The topological polar surface area (TPSA) is 58.6 Å². The zero-order valence-corrected chi connectivity index (χ0v) is 9.43. The van der Waals surface area contributed by atoms with Gasteiger partial charge in [0.25, 0.3) is 5.91 Å². The molecule has 1 aliphatic rings. The van der Waals surface area contributed by atoms with Crippen LogP contribution in [0.25, 0.3) is 0 Å². The molecule has 0 aromatic heterocycles. The normalized spacial score (nSPS) is 19.7. The van der Waals surface area contributed by atoms with Gasteiger partial charge in [0.1, 0.15) is 12.1 Å². The van der Waals surface area contributed by atoms with E-state index in [0.717, 1.165) is 4.90 Å². The SMILES string of the molecule is CC1(C)C(=O)NC(=O)N1CCOCC(F)(F)F. The first-order chi connectivity index (χ1) is 7.64. The number of carbonyl (C=O) groups is 2. The second-order valence-electron chi connectivity index (χ2n) is 4.14. The van der Waals surface area contributed by atoms with Gasteiger partial charge in [0, 0.05) is 6.54 Å². The zero-order valence-electron chi connectivity index (χ0n) is 9.43. The van der Waals surface area contributed by atoms with Crippen molar-refractivity contribution in [3.05, 3.63) is 0 Å². The van der Waals surface area contributed by atoms with E-state index in [4.69, 9.17) is 0 Å². The third-order valence-corrected chi connectivity index (χ3v) is 2.42. The van der Waals surface area contributed by atoms with Crippen LogP contribution in [0, 0.1) is 0 Å². The van der Waals surface area contributed by atoms with Crippen LogP contribution in [0.15, 0.2) is 0 Å². The third kappa shape index (κ3) is 3.32. The van der Waals surface area contributed by atoms with Crippen LogP contribution in [0.2, 0.25) is 0 Å². The van der Waals surface area contributed by atoms with E-state index in [9.17, 15) is 22.8 Å². The summed E-state index contributed by atoms with van der Waals surface area (Å²) < 4.78 is 39.7. The van der Waals surface area contributed by atoms with E-state index in [-0.39, 0.29) is 13.2 Å². The number of urea groups is 1. The number of nitrogens with one attached hydrogen (secondary N) is 1. The van der Waals surface area contributed by atoms with Gasteiger partial charge in [-0.3, -0.25) is 10.1 Å². The van der Waals surface area contributed by atoms with Gasteiger partial charge in [0.15, 0.2) is 0 Å². The maximum absolute atomic E-state index is 11.8. The highest BCUT2D eigenvalue weighted by Gasteiger charge is 2.45. The Hall–Kier alpha value is -1.31. The number of imide groups is 1. The van der Waals surface area contributed by atoms with Crippen molar-refractivity contribution in [2.75, 3.05) is 19.8 Å². The maximum Gasteiger partial charge on any atom is 0.411 e. The Kier molecular flexibility index (Phi) is 3.65. The minimum absolute atomic E-state index is 0.0688. The average molecular weight is 254 g/mol. The summed E-state index contributed by atoms with van der Waals surface area (Å²) in [6.45, 7) is 1.31. The molecule has 0 saturated carbocycles. The average Bonchev–Trinajstić information content (AvgIpc) is 2.32. The number of carbonyl (C=O) groups excluding carboxylic acids is 2. The highest BCUT2D eigenvalue weighted by molar-refractivity contribution is 6.06. The molecule has 0 bridgehead atoms. The van der Waals surface area contributed by atoms with Crippen LogP contribution in [0.3, 0.4) is 0 Å². The Morgan fingerprint density at radius 2 is 1.94 bits per heavy atom. The lowest BCUT2D eigenvalue weighted by molar-refractivity contribution is -0.174. The molecule has 1 aliphatic heterocycles. The molecule has 98 valence electrons. The van der Waals surface area contributed by atoms with Crippen molar-refractivity contribution in [3.8, 4) is 0 Å². The Bertz CT molecular complexity index is 328. The molecule has 17 heavy (non-hydrogen) atoms. The second kappa shape index (κ2) is 4.52. The smallest absolute Gasteiger partial charge is 0.370 e. The van der Waals surface area contributed by atoms with Gasteiger partial charge in [0.2, 0.25) is 0 Å². The minimum Gasteiger partial charge on any atom is -0.370 e. The molecule has 1 heterocycles. The van der Waals surface area contributed by atoms with Crippen molar-refractivity contribution < 1.29 is 27.5 Å². The van der Waals surface area contributed by atoms with Crippen molar-refractivity contribution >= 4 is 11.9 Å². The number of alkyl halides is 3. The van der Waals surface area contributed by atoms with E-state index < -0.39 is 30.3 Å². The summed E-state index contributed by atoms with van der Waals surface area (Å²) >= 11 is 0. The van der Waals surface area contributed by atoms with Gasteiger partial charge in [-0.25, -0.2) is 4.79 Å². The summed E-state index contributed by atoms with van der Waals surface area (Å²) in [7, 11) is 0. The second-order valence-corrected chi connectivity index (χ2v) is 4.14. The van der Waals surface area contributed by atoms with E-state index in [1.165, 1.54) is 13.8 Å². The van der Waals surface area contributed by atoms with Crippen LogP contribution >= 0.6 is 0 Å². The van der Waals surface area contributed by atoms with Crippen LogP contribution in [0.4, 0.5) is 18.0 Å². The first-order valence-corrected chi connectivity index (χ1v) is 4.92. The number of halogens is 3. The number of nitrogens with zero attached hydrogens (tertiary/aromatic N) is 1. The number of amides is 3. The molecule has 0 aromatic rings. The van der Waals surface area contributed by atoms with Gasteiger partial charge >= 0.3 is 12.2 Å². The van der Waals surface area contributed by atoms with Gasteiger partial charge < -0.3 is 9.64 Å². The number of hydrogen-bond donors (Lipinski definition) is 1. The minimum atomic E-state index is -4.39. The van der Waals surface area contributed by atoms with Crippen LogP contribution in [0.1, 0.15) is 13.8 Å². The number of rotatable bonds is 4. The first kappa shape index (κ1) is 13.8. The summed E-state index contributed by atoms with van der Waals surface area (Å²) in [5.74, 6) is -0.474. The maximum atomic E-state index is 11.8. The largest absolute Gasteiger partial charge is 0.411 e. The summed E-state index contributed by atoms with van der Waals surface area (Å²) in [5.41, 5.74) is -1.06. The highest BCUT2D eigenvalue weighted by atomic mass is 19.4. The summed E-state index contributed by atoms with van der Waals surface area (Å²) in [6.07, 6.45) is -4.39. The van der Waals surface area contributed by atoms with E-state index in [0.29, 0.717) is 0 Å². The Morgan fingerprint density at radius 1 is 1.35 bits per heavy atom. The molecule has 3 amide bonds. The fourth-order valence-corrected chi connectivity index (χ4v) is 1.42. The molecule has 0 spiro atoms. The van der Waals surface area contributed by atoms with Crippen molar-refractivity contribution in [2.24, 2.45) is 0 Å². The van der Waals surface area contributed by atoms with Crippen molar-refractivity contribution in [1.82, 2.24) is 10.2 Å². The van der Waals surface area contributed by atoms with Gasteiger partial charge in [-0.1, -0.05) is 0 Å². The number of hydrogen-bond acceptors (Lipinski definition) is 3.